The Balaban J connectivity index is 1.96. The highest BCUT2D eigenvalue weighted by Crippen LogP contribution is 2.22. The summed E-state index contributed by atoms with van der Waals surface area (Å²) in [5, 5.41) is 6.35. The van der Waals surface area contributed by atoms with Crippen LogP contribution in [-0.2, 0) is 4.79 Å². The van der Waals surface area contributed by atoms with Gasteiger partial charge < -0.3 is 15.1 Å². The van der Waals surface area contributed by atoms with Crippen LogP contribution in [0.5, 0.6) is 0 Å². The van der Waals surface area contributed by atoms with Gasteiger partial charge in [-0.3, -0.25) is 4.79 Å². The smallest absolute Gasteiger partial charge is 0.224 e. The fourth-order valence-electron chi connectivity index (χ4n) is 2.56. The van der Waals surface area contributed by atoms with Crippen molar-refractivity contribution in [2.75, 3.05) is 13.1 Å². The number of rotatable bonds is 3. The van der Waals surface area contributed by atoms with Crippen LogP contribution < -0.4 is 10.6 Å². The topological polar surface area (TPSA) is 54.3 Å². The number of hydrogen-bond acceptors (Lipinski definition) is 3. The van der Waals surface area contributed by atoms with E-state index in [2.05, 4.69) is 10.6 Å². The molecule has 0 aliphatic carbocycles. The van der Waals surface area contributed by atoms with Crippen LogP contribution in [0.4, 0.5) is 0 Å². The summed E-state index contributed by atoms with van der Waals surface area (Å²) in [5.74, 6) is 2.03. The van der Waals surface area contributed by atoms with Crippen molar-refractivity contribution in [1.82, 2.24) is 10.6 Å². The summed E-state index contributed by atoms with van der Waals surface area (Å²) in [7, 11) is 0. The van der Waals surface area contributed by atoms with Crippen molar-refractivity contribution in [2.45, 2.75) is 39.7 Å². The third-order valence-corrected chi connectivity index (χ3v) is 3.57. The van der Waals surface area contributed by atoms with E-state index in [4.69, 9.17) is 4.42 Å². The van der Waals surface area contributed by atoms with Crippen molar-refractivity contribution in [2.24, 2.45) is 5.92 Å². The Bertz CT molecular complexity index is 419. The molecule has 0 radical (unpaired) electrons. The van der Waals surface area contributed by atoms with Gasteiger partial charge in [0.1, 0.15) is 11.5 Å². The van der Waals surface area contributed by atoms with Gasteiger partial charge in [0, 0.05) is 12.1 Å². The summed E-state index contributed by atoms with van der Waals surface area (Å²) in [6, 6.07) is 2.01. The molecular weight excluding hydrogens is 228 g/mol. The molecule has 2 atom stereocenters. The van der Waals surface area contributed by atoms with Crippen LogP contribution in [0, 0.1) is 19.8 Å². The maximum Gasteiger partial charge on any atom is 0.224 e. The van der Waals surface area contributed by atoms with E-state index in [0.29, 0.717) is 0 Å². The number of nitrogens with one attached hydrogen (secondary N) is 2. The molecule has 1 amide bonds. The van der Waals surface area contributed by atoms with Crippen LogP contribution >= 0.6 is 0 Å². The average molecular weight is 250 g/mol. The number of aryl methyl sites for hydroxylation is 2. The molecule has 0 spiro atoms. The van der Waals surface area contributed by atoms with Gasteiger partial charge in [-0.25, -0.2) is 0 Å². The van der Waals surface area contributed by atoms with Crippen molar-refractivity contribution < 1.29 is 9.21 Å². The van der Waals surface area contributed by atoms with Crippen LogP contribution in [0.3, 0.4) is 0 Å². The van der Waals surface area contributed by atoms with Crippen LogP contribution in [0.25, 0.3) is 0 Å². The zero-order valence-electron chi connectivity index (χ0n) is 11.4. The van der Waals surface area contributed by atoms with Gasteiger partial charge >= 0.3 is 0 Å². The summed E-state index contributed by atoms with van der Waals surface area (Å²) in [6.07, 6.45) is 2.06. The largest absolute Gasteiger partial charge is 0.466 e. The number of furan rings is 1. The molecule has 1 unspecified atom stereocenters. The molecule has 1 saturated heterocycles. The van der Waals surface area contributed by atoms with E-state index in [1.54, 1.807) is 0 Å². The predicted molar refractivity (Wildman–Crippen MR) is 70.3 cm³/mol. The normalized spacial score (nSPS) is 21.6. The van der Waals surface area contributed by atoms with Crippen molar-refractivity contribution in [3.63, 3.8) is 0 Å². The molecular formula is C14H22N2O2. The zero-order valence-corrected chi connectivity index (χ0v) is 11.4. The molecule has 1 aliphatic heterocycles. The number of piperidine rings is 1. The van der Waals surface area contributed by atoms with Gasteiger partial charge in [-0.05, 0) is 46.2 Å². The fraction of sp³-hybridized carbons (Fsp3) is 0.643. The van der Waals surface area contributed by atoms with Crippen LogP contribution in [0.2, 0.25) is 0 Å². The lowest BCUT2D eigenvalue weighted by Crippen LogP contribution is -2.41. The Morgan fingerprint density at radius 3 is 2.89 bits per heavy atom. The Morgan fingerprint density at radius 1 is 1.56 bits per heavy atom. The minimum absolute atomic E-state index is 0.0110. The highest BCUT2D eigenvalue weighted by molar-refractivity contribution is 5.79. The maximum atomic E-state index is 12.1. The van der Waals surface area contributed by atoms with Crippen molar-refractivity contribution in [3.05, 3.63) is 23.2 Å². The Morgan fingerprint density at radius 2 is 2.33 bits per heavy atom. The molecule has 2 rings (SSSR count). The molecule has 0 aromatic carbocycles. The summed E-state index contributed by atoms with van der Waals surface area (Å²) < 4.78 is 5.50. The predicted octanol–water partition coefficient (Wildman–Crippen LogP) is 2.07. The monoisotopic (exact) mass is 250 g/mol. The minimum Gasteiger partial charge on any atom is -0.466 e. The lowest BCUT2D eigenvalue weighted by molar-refractivity contribution is -0.126. The number of amides is 1. The molecule has 1 aromatic rings. The SMILES string of the molecule is Cc1cc(C(C)NC(=O)[C@H]2CCCNC2)c(C)o1. The van der Waals surface area contributed by atoms with Crippen LogP contribution in [-0.4, -0.2) is 19.0 Å². The maximum absolute atomic E-state index is 12.1. The van der Waals surface area contributed by atoms with Gasteiger partial charge in [-0.2, -0.15) is 0 Å². The second-order valence-corrected chi connectivity index (χ2v) is 5.14. The van der Waals surface area contributed by atoms with E-state index in [-0.39, 0.29) is 17.9 Å². The van der Waals surface area contributed by atoms with Gasteiger partial charge in [0.2, 0.25) is 5.91 Å². The lowest BCUT2D eigenvalue weighted by Gasteiger charge is -2.24. The third kappa shape index (κ3) is 2.93. The number of carbonyl (C=O) groups excluding carboxylic acids is 1. The minimum atomic E-state index is 0.0110. The molecule has 1 fully saturated rings. The summed E-state index contributed by atoms with van der Waals surface area (Å²) in [4.78, 5) is 12.1. The quantitative estimate of drug-likeness (QED) is 0.863. The molecule has 1 aliphatic rings. The van der Waals surface area contributed by atoms with E-state index in [1.165, 1.54) is 0 Å². The molecule has 4 nitrogen and oxygen atoms in total. The van der Waals surface area contributed by atoms with Crippen molar-refractivity contribution in [1.29, 1.82) is 0 Å². The second-order valence-electron chi connectivity index (χ2n) is 5.14. The van der Waals surface area contributed by atoms with E-state index >= 15 is 0 Å². The van der Waals surface area contributed by atoms with E-state index in [1.807, 2.05) is 26.8 Å². The highest BCUT2D eigenvalue weighted by Gasteiger charge is 2.23. The van der Waals surface area contributed by atoms with Gasteiger partial charge in [0.15, 0.2) is 0 Å². The molecule has 0 saturated carbocycles. The van der Waals surface area contributed by atoms with E-state index in [9.17, 15) is 4.79 Å². The van der Waals surface area contributed by atoms with Gasteiger partial charge in [-0.15, -0.1) is 0 Å². The molecule has 2 heterocycles. The highest BCUT2D eigenvalue weighted by atomic mass is 16.3. The summed E-state index contributed by atoms with van der Waals surface area (Å²) in [5.41, 5.74) is 1.07. The Kier molecular flexibility index (Phi) is 4.07. The molecule has 4 heteroatoms. The average Bonchev–Trinajstić information content (AvgIpc) is 2.69. The fourth-order valence-corrected chi connectivity index (χ4v) is 2.56. The van der Waals surface area contributed by atoms with Gasteiger partial charge in [0.05, 0.1) is 12.0 Å². The Labute approximate surface area is 108 Å². The second kappa shape index (κ2) is 5.57. The van der Waals surface area contributed by atoms with Crippen LogP contribution in [0.1, 0.15) is 42.9 Å². The molecule has 100 valence electrons. The summed E-state index contributed by atoms with van der Waals surface area (Å²) >= 11 is 0. The molecule has 2 N–H and O–H groups in total. The first-order valence-electron chi connectivity index (χ1n) is 6.66. The first-order chi connectivity index (χ1) is 8.58. The summed E-state index contributed by atoms with van der Waals surface area (Å²) in [6.45, 7) is 7.69. The van der Waals surface area contributed by atoms with E-state index < -0.39 is 0 Å². The first-order valence-corrected chi connectivity index (χ1v) is 6.66. The van der Waals surface area contributed by atoms with Crippen LogP contribution in [0.15, 0.2) is 10.5 Å². The molecule has 18 heavy (non-hydrogen) atoms. The van der Waals surface area contributed by atoms with Crippen molar-refractivity contribution in [3.8, 4) is 0 Å². The Hall–Kier alpha value is -1.29. The first kappa shape index (κ1) is 13.1. The standard InChI is InChI=1S/C14H22N2O2/c1-9-7-13(11(3)18-9)10(2)16-14(17)12-5-4-6-15-8-12/h7,10,12,15H,4-6,8H2,1-3H3,(H,16,17)/t10?,12-/m0/s1. The third-order valence-electron chi connectivity index (χ3n) is 3.57. The van der Waals surface area contributed by atoms with Crippen molar-refractivity contribution >= 4 is 5.91 Å². The molecule has 1 aromatic heterocycles. The van der Waals surface area contributed by atoms with Gasteiger partial charge in [0.25, 0.3) is 0 Å². The molecule has 0 bridgehead atoms. The lowest BCUT2D eigenvalue weighted by atomic mass is 9.98. The number of carbonyl (C=O) groups is 1. The zero-order chi connectivity index (χ0) is 13.1. The van der Waals surface area contributed by atoms with Gasteiger partial charge in [-0.1, -0.05) is 0 Å². The van der Waals surface area contributed by atoms with E-state index in [0.717, 1.165) is 43.0 Å². The number of hydrogen-bond donors (Lipinski definition) is 2.